The van der Waals surface area contributed by atoms with Gasteiger partial charge in [0.2, 0.25) is 0 Å². The van der Waals surface area contributed by atoms with Crippen LogP contribution in [0.3, 0.4) is 0 Å². The van der Waals surface area contributed by atoms with Gasteiger partial charge in [-0.1, -0.05) is 11.6 Å². The highest BCUT2D eigenvalue weighted by molar-refractivity contribution is 6.30. The van der Waals surface area contributed by atoms with Crippen molar-refractivity contribution in [2.24, 2.45) is 0 Å². The van der Waals surface area contributed by atoms with Crippen molar-refractivity contribution >= 4 is 17.5 Å². The highest BCUT2D eigenvalue weighted by Gasteiger charge is 2.25. The second-order valence-corrected chi connectivity index (χ2v) is 4.22. The van der Waals surface area contributed by atoms with Crippen LogP contribution in [0.4, 0.5) is 0 Å². The summed E-state index contributed by atoms with van der Waals surface area (Å²) in [5.41, 5.74) is 0.390. The maximum atomic E-state index is 12.1. The minimum atomic E-state index is -0.0849. The fourth-order valence-electron chi connectivity index (χ4n) is 1.70. The minimum Gasteiger partial charge on any atom is -0.377 e. The van der Waals surface area contributed by atoms with Gasteiger partial charge in [-0.3, -0.25) is 9.78 Å². The van der Waals surface area contributed by atoms with Crippen molar-refractivity contribution in [2.75, 3.05) is 19.8 Å². The van der Waals surface area contributed by atoms with Gasteiger partial charge >= 0.3 is 0 Å². The van der Waals surface area contributed by atoms with Crippen LogP contribution in [0.2, 0.25) is 5.02 Å². The van der Waals surface area contributed by atoms with E-state index in [-0.39, 0.29) is 11.9 Å². The average Bonchev–Trinajstić information content (AvgIpc) is 2.29. The Morgan fingerprint density at radius 2 is 2.50 bits per heavy atom. The molecule has 86 valence electrons. The normalized spacial score (nSPS) is 20.9. The van der Waals surface area contributed by atoms with Crippen LogP contribution in [-0.2, 0) is 4.74 Å². The molecule has 0 spiro atoms. The molecular formula is C11H13ClN2O2. The largest absolute Gasteiger partial charge is 0.377 e. The van der Waals surface area contributed by atoms with E-state index in [0.29, 0.717) is 30.5 Å². The summed E-state index contributed by atoms with van der Waals surface area (Å²) in [6.45, 7) is 3.72. The first-order valence-electron chi connectivity index (χ1n) is 5.19. The standard InChI is InChI=1S/C11H13ClN2O2/c1-8-7-16-5-4-14(8)11(15)10-6-9(12)2-3-13-10/h2-3,6,8H,4-5,7H2,1H3/t8-/m1/s1. The van der Waals surface area contributed by atoms with Gasteiger partial charge in [0.1, 0.15) is 5.69 Å². The number of rotatable bonds is 1. The molecule has 0 radical (unpaired) electrons. The number of aromatic nitrogens is 1. The van der Waals surface area contributed by atoms with Crippen LogP contribution < -0.4 is 0 Å². The quantitative estimate of drug-likeness (QED) is 0.749. The Morgan fingerprint density at radius 1 is 1.69 bits per heavy atom. The number of amides is 1. The third-order valence-corrected chi connectivity index (χ3v) is 2.80. The van der Waals surface area contributed by atoms with Crippen LogP contribution >= 0.6 is 11.6 Å². The summed E-state index contributed by atoms with van der Waals surface area (Å²) in [5, 5.41) is 0.527. The number of nitrogens with zero attached hydrogens (tertiary/aromatic N) is 2. The summed E-state index contributed by atoms with van der Waals surface area (Å²) in [5.74, 6) is -0.0849. The molecule has 5 heteroatoms. The van der Waals surface area contributed by atoms with E-state index in [1.54, 1.807) is 23.2 Å². The lowest BCUT2D eigenvalue weighted by molar-refractivity contribution is 0.00327. The fraction of sp³-hybridized carbons (Fsp3) is 0.455. The number of ether oxygens (including phenoxy) is 1. The Balaban J connectivity index is 2.17. The molecule has 1 aliphatic rings. The number of carbonyl (C=O) groups excluding carboxylic acids is 1. The van der Waals surface area contributed by atoms with Crippen molar-refractivity contribution in [2.45, 2.75) is 13.0 Å². The van der Waals surface area contributed by atoms with Crippen LogP contribution in [0.15, 0.2) is 18.3 Å². The molecule has 16 heavy (non-hydrogen) atoms. The predicted octanol–water partition coefficient (Wildman–Crippen LogP) is 1.60. The number of hydrogen-bond acceptors (Lipinski definition) is 3. The Kier molecular flexibility index (Phi) is 3.41. The first-order valence-corrected chi connectivity index (χ1v) is 5.56. The van der Waals surface area contributed by atoms with Crippen molar-refractivity contribution in [3.8, 4) is 0 Å². The number of halogens is 1. The smallest absolute Gasteiger partial charge is 0.272 e. The summed E-state index contributed by atoms with van der Waals surface area (Å²) in [7, 11) is 0. The summed E-state index contributed by atoms with van der Waals surface area (Å²) >= 11 is 5.83. The highest BCUT2D eigenvalue weighted by atomic mass is 35.5. The van der Waals surface area contributed by atoms with Crippen molar-refractivity contribution in [1.29, 1.82) is 0 Å². The second-order valence-electron chi connectivity index (χ2n) is 3.78. The topological polar surface area (TPSA) is 42.4 Å². The Hall–Kier alpha value is -1.13. The number of hydrogen-bond donors (Lipinski definition) is 0. The van der Waals surface area contributed by atoms with E-state index in [1.165, 1.54) is 0 Å². The van der Waals surface area contributed by atoms with Crippen molar-refractivity contribution < 1.29 is 9.53 Å². The Labute approximate surface area is 99.2 Å². The molecule has 2 rings (SSSR count). The van der Waals surface area contributed by atoms with Crippen LogP contribution in [0, 0.1) is 0 Å². The molecule has 1 fully saturated rings. The van der Waals surface area contributed by atoms with Gasteiger partial charge in [-0.05, 0) is 19.1 Å². The van der Waals surface area contributed by atoms with Gasteiger partial charge in [0.15, 0.2) is 0 Å². The molecule has 0 unspecified atom stereocenters. The number of carbonyl (C=O) groups is 1. The molecule has 1 atom stereocenters. The molecule has 1 aromatic heterocycles. The van der Waals surface area contributed by atoms with Gasteiger partial charge < -0.3 is 9.64 Å². The lowest BCUT2D eigenvalue weighted by Gasteiger charge is -2.33. The molecule has 0 N–H and O–H groups in total. The first kappa shape index (κ1) is 11.4. The molecule has 4 nitrogen and oxygen atoms in total. The molecule has 1 saturated heterocycles. The second kappa shape index (κ2) is 4.80. The molecule has 0 saturated carbocycles. The first-order chi connectivity index (χ1) is 7.68. The zero-order valence-electron chi connectivity index (χ0n) is 9.02. The average molecular weight is 241 g/mol. The van der Waals surface area contributed by atoms with Gasteiger partial charge in [-0.25, -0.2) is 0 Å². The SMILES string of the molecule is C[C@@H]1COCCN1C(=O)c1cc(Cl)ccn1. The van der Waals surface area contributed by atoms with Gasteiger partial charge in [-0.2, -0.15) is 0 Å². The molecule has 0 aliphatic carbocycles. The monoisotopic (exact) mass is 240 g/mol. The molecule has 1 amide bonds. The number of pyridine rings is 1. The van der Waals surface area contributed by atoms with E-state index < -0.39 is 0 Å². The maximum Gasteiger partial charge on any atom is 0.272 e. The summed E-state index contributed by atoms with van der Waals surface area (Å²) in [4.78, 5) is 17.9. The van der Waals surface area contributed by atoms with Crippen molar-refractivity contribution in [1.82, 2.24) is 9.88 Å². The van der Waals surface area contributed by atoms with Crippen LogP contribution in [-0.4, -0.2) is 41.6 Å². The predicted molar refractivity (Wildman–Crippen MR) is 60.6 cm³/mol. The summed E-state index contributed by atoms with van der Waals surface area (Å²) in [6.07, 6.45) is 1.54. The lowest BCUT2D eigenvalue weighted by atomic mass is 10.2. The molecule has 1 aromatic rings. The molecule has 0 aromatic carbocycles. The van der Waals surface area contributed by atoms with E-state index >= 15 is 0 Å². The lowest BCUT2D eigenvalue weighted by Crippen LogP contribution is -2.47. The fourth-order valence-corrected chi connectivity index (χ4v) is 1.86. The van der Waals surface area contributed by atoms with E-state index in [9.17, 15) is 4.79 Å². The molecular weight excluding hydrogens is 228 g/mol. The zero-order chi connectivity index (χ0) is 11.5. The van der Waals surface area contributed by atoms with Gasteiger partial charge in [0.05, 0.1) is 19.3 Å². The molecule has 2 heterocycles. The van der Waals surface area contributed by atoms with Crippen LogP contribution in [0.1, 0.15) is 17.4 Å². The number of morpholine rings is 1. The molecule has 0 bridgehead atoms. The van der Waals surface area contributed by atoms with Crippen LogP contribution in [0.5, 0.6) is 0 Å². The van der Waals surface area contributed by atoms with Crippen molar-refractivity contribution in [3.63, 3.8) is 0 Å². The third kappa shape index (κ3) is 2.33. The summed E-state index contributed by atoms with van der Waals surface area (Å²) in [6, 6.07) is 3.33. The third-order valence-electron chi connectivity index (χ3n) is 2.57. The minimum absolute atomic E-state index is 0.0849. The van der Waals surface area contributed by atoms with E-state index in [0.717, 1.165) is 0 Å². The van der Waals surface area contributed by atoms with Gasteiger partial charge in [0, 0.05) is 17.8 Å². The Morgan fingerprint density at radius 3 is 3.19 bits per heavy atom. The Bertz CT molecular complexity index is 397. The zero-order valence-corrected chi connectivity index (χ0v) is 9.78. The molecule has 1 aliphatic heterocycles. The van der Waals surface area contributed by atoms with E-state index in [4.69, 9.17) is 16.3 Å². The van der Waals surface area contributed by atoms with Gasteiger partial charge in [-0.15, -0.1) is 0 Å². The van der Waals surface area contributed by atoms with Crippen molar-refractivity contribution in [3.05, 3.63) is 29.0 Å². The van der Waals surface area contributed by atoms with Gasteiger partial charge in [0.25, 0.3) is 5.91 Å². The van der Waals surface area contributed by atoms with E-state index in [2.05, 4.69) is 4.98 Å². The summed E-state index contributed by atoms with van der Waals surface area (Å²) < 4.78 is 5.28. The van der Waals surface area contributed by atoms with Crippen LogP contribution in [0.25, 0.3) is 0 Å². The highest BCUT2D eigenvalue weighted by Crippen LogP contribution is 2.13. The van der Waals surface area contributed by atoms with E-state index in [1.807, 2.05) is 6.92 Å². The maximum absolute atomic E-state index is 12.1.